The number of thiocarbonyl (C=S) groups is 1. The maximum Gasteiger partial charge on any atom is 0.126 e. The molecule has 0 radical (unpaired) electrons. The van der Waals surface area contributed by atoms with Gasteiger partial charge in [0.1, 0.15) is 10.8 Å². The van der Waals surface area contributed by atoms with Crippen molar-refractivity contribution in [2.45, 2.75) is 13.0 Å². The smallest absolute Gasteiger partial charge is 0.126 e. The zero-order chi connectivity index (χ0) is 12.1. The van der Waals surface area contributed by atoms with Gasteiger partial charge >= 0.3 is 0 Å². The van der Waals surface area contributed by atoms with Crippen LogP contribution in [0.5, 0.6) is 0 Å². The lowest BCUT2D eigenvalue weighted by atomic mass is 10.3. The summed E-state index contributed by atoms with van der Waals surface area (Å²) in [5.74, 6) is 1.33. The Bertz CT molecular complexity index is 392. The lowest BCUT2D eigenvalue weighted by Crippen LogP contribution is -2.23. The van der Waals surface area contributed by atoms with Crippen LogP contribution in [0, 0.1) is 0 Å². The third-order valence-electron chi connectivity index (χ3n) is 1.93. The standard InChI is InChI=1S/C10H15N3OS2/c1-7(6-16(2)14)13-9-4-3-8(5-12-9)10(11)15/h3-5,7H,6H2,1-2H3,(H2,11,15)(H,12,13). The molecule has 0 spiro atoms. The Hall–Kier alpha value is -1.01. The van der Waals surface area contributed by atoms with Gasteiger partial charge in [0.25, 0.3) is 0 Å². The largest absolute Gasteiger partial charge is 0.389 e. The Morgan fingerprint density at radius 2 is 2.38 bits per heavy atom. The lowest BCUT2D eigenvalue weighted by molar-refractivity contribution is 0.683. The topological polar surface area (TPSA) is 68.0 Å². The molecule has 0 saturated heterocycles. The van der Waals surface area contributed by atoms with Crippen LogP contribution < -0.4 is 11.1 Å². The predicted molar refractivity (Wildman–Crippen MR) is 72.1 cm³/mol. The zero-order valence-electron chi connectivity index (χ0n) is 9.27. The highest BCUT2D eigenvalue weighted by Gasteiger charge is 2.05. The van der Waals surface area contributed by atoms with Crippen molar-refractivity contribution in [2.24, 2.45) is 5.73 Å². The first-order valence-corrected chi connectivity index (χ1v) is 6.95. The van der Waals surface area contributed by atoms with Crippen LogP contribution in [0.1, 0.15) is 12.5 Å². The van der Waals surface area contributed by atoms with Gasteiger partial charge in [0.05, 0.1) is 0 Å². The molecular formula is C10H15N3OS2. The maximum absolute atomic E-state index is 11.0. The molecular weight excluding hydrogens is 242 g/mol. The minimum atomic E-state index is -0.812. The number of hydrogen-bond acceptors (Lipinski definition) is 4. The molecule has 2 unspecified atom stereocenters. The molecule has 0 aliphatic heterocycles. The highest BCUT2D eigenvalue weighted by molar-refractivity contribution is 7.84. The molecule has 1 rings (SSSR count). The van der Waals surface area contributed by atoms with Gasteiger partial charge in [-0.3, -0.25) is 4.21 Å². The molecule has 0 bridgehead atoms. The van der Waals surface area contributed by atoms with Crippen LogP contribution >= 0.6 is 12.2 Å². The van der Waals surface area contributed by atoms with Gasteiger partial charge in [-0.25, -0.2) is 4.98 Å². The quantitative estimate of drug-likeness (QED) is 0.767. The number of pyridine rings is 1. The molecule has 0 aromatic carbocycles. The van der Waals surface area contributed by atoms with Gasteiger partial charge in [0.2, 0.25) is 0 Å². The Morgan fingerprint density at radius 3 is 2.81 bits per heavy atom. The van der Waals surface area contributed by atoms with E-state index in [0.717, 1.165) is 11.4 Å². The van der Waals surface area contributed by atoms with Crippen LogP contribution in [0.4, 0.5) is 5.82 Å². The van der Waals surface area contributed by atoms with Crippen molar-refractivity contribution in [1.29, 1.82) is 0 Å². The van der Waals surface area contributed by atoms with Crippen LogP contribution in [0.25, 0.3) is 0 Å². The Balaban J connectivity index is 2.61. The third kappa shape index (κ3) is 4.24. The molecule has 16 heavy (non-hydrogen) atoms. The van der Waals surface area contributed by atoms with E-state index in [1.807, 2.05) is 19.1 Å². The fraction of sp³-hybridized carbons (Fsp3) is 0.400. The number of anilines is 1. The fourth-order valence-corrected chi connectivity index (χ4v) is 2.18. The summed E-state index contributed by atoms with van der Waals surface area (Å²) in [4.78, 5) is 4.50. The van der Waals surface area contributed by atoms with E-state index in [1.165, 1.54) is 0 Å². The molecule has 0 fully saturated rings. The molecule has 1 aromatic rings. The number of nitrogens with two attached hydrogens (primary N) is 1. The summed E-state index contributed by atoms with van der Waals surface area (Å²) in [7, 11) is -0.812. The van der Waals surface area contributed by atoms with Crippen LogP contribution in [-0.4, -0.2) is 32.2 Å². The van der Waals surface area contributed by atoms with Crippen molar-refractivity contribution in [3.63, 3.8) is 0 Å². The van der Waals surface area contributed by atoms with Gasteiger partial charge in [-0.1, -0.05) is 12.2 Å². The van der Waals surface area contributed by atoms with Crippen molar-refractivity contribution in [2.75, 3.05) is 17.3 Å². The van der Waals surface area contributed by atoms with Crippen molar-refractivity contribution < 1.29 is 4.21 Å². The summed E-state index contributed by atoms with van der Waals surface area (Å²) in [6.45, 7) is 1.96. The van der Waals surface area contributed by atoms with E-state index in [-0.39, 0.29) is 6.04 Å². The van der Waals surface area contributed by atoms with Gasteiger partial charge in [-0.2, -0.15) is 0 Å². The second-order valence-corrected chi connectivity index (χ2v) is 5.50. The first-order chi connectivity index (χ1) is 7.49. The van der Waals surface area contributed by atoms with E-state index in [4.69, 9.17) is 18.0 Å². The van der Waals surface area contributed by atoms with Gasteiger partial charge in [-0.15, -0.1) is 0 Å². The molecule has 3 N–H and O–H groups in total. The maximum atomic E-state index is 11.0. The third-order valence-corrected chi connectivity index (χ3v) is 3.13. The number of nitrogens with zero attached hydrogens (tertiary/aromatic N) is 1. The summed E-state index contributed by atoms with van der Waals surface area (Å²) in [6.07, 6.45) is 3.31. The molecule has 1 aromatic heterocycles. The Labute approximate surface area is 103 Å². The van der Waals surface area contributed by atoms with Crippen LogP contribution in [0.15, 0.2) is 18.3 Å². The van der Waals surface area contributed by atoms with Gasteiger partial charge < -0.3 is 11.1 Å². The molecule has 4 nitrogen and oxygen atoms in total. The van der Waals surface area contributed by atoms with Gasteiger partial charge in [0, 0.05) is 40.6 Å². The SMILES string of the molecule is CC(CS(C)=O)Nc1ccc(C(N)=S)cn1. The summed E-state index contributed by atoms with van der Waals surface area (Å²) in [5, 5.41) is 3.15. The van der Waals surface area contributed by atoms with Crippen LogP contribution in [-0.2, 0) is 10.8 Å². The summed E-state index contributed by atoms with van der Waals surface area (Å²) >= 11 is 4.83. The average Bonchev–Trinajstić information content (AvgIpc) is 2.16. The Morgan fingerprint density at radius 1 is 1.69 bits per heavy atom. The molecule has 0 amide bonds. The monoisotopic (exact) mass is 257 g/mol. The minimum absolute atomic E-state index is 0.119. The van der Waals surface area contributed by atoms with Crippen molar-refractivity contribution in [3.8, 4) is 0 Å². The molecule has 0 aliphatic rings. The number of nitrogens with one attached hydrogen (secondary N) is 1. The van der Waals surface area contributed by atoms with E-state index >= 15 is 0 Å². The first kappa shape index (κ1) is 13.1. The van der Waals surface area contributed by atoms with Crippen molar-refractivity contribution in [3.05, 3.63) is 23.9 Å². The number of hydrogen-bond donors (Lipinski definition) is 2. The van der Waals surface area contributed by atoms with E-state index in [0.29, 0.717) is 10.7 Å². The van der Waals surface area contributed by atoms with Crippen LogP contribution in [0.2, 0.25) is 0 Å². The number of rotatable bonds is 5. The number of aromatic nitrogens is 1. The van der Waals surface area contributed by atoms with Gasteiger partial charge in [0.15, 0.2) is 0 Å². The second-order valence-electron chi connectivity index (χ2n) is 3.58. The molecule has 2 atom stereocenters. The molecule has 1 heterocycles. The van der Waals surface area contributed by atoms with E-state index in [2.05, 4.69) is 10.3 Å². The molecule has 6 heteroatoms. The highest BCUT2D eigenvalue weighted by atomic mass is 32.2. The van der Waals surface area contributed by atoms with Gasteiger partial charge in [-0.05, 0) is 19.1 Å². The summed E-state index contributed by atoms with van der Waals surface area (Å²) < 4.78 is 11.0. The average molecular weight is 257 g/mol. The van der Waals surface area contributed by atoms with E-state index in [1.54, 1.807) is 12.5 Å². The second kappa shape index (κ2) is 5.91. The normalized spacial score (nSPS) is 14.1. The summed E-state index contributed by atoms with van der Waals surface area (Å²) in [5.41, 5.74) is 6.20. The van der Waals surface area contributed by atoms with E-state index < -0.39 is 10.8 Å². The minimum Gasteiger partial charge on any atom is -0.389 e. The molecule has 88 valence electrons. The zero-order valence-corrected chi connectivity index (χ0v) is 10.9. The Kier molecular flexibility index (Phi) is 4.82. The van der Waals surface area contributed by atoms with Crippen molar-refractivity contribution in [1.82, 2.24) is 4.98 Å². The highest BCUT2D eigenvalue weighted by Crippen LogP contribution is 2.06. The van der Waals surface area contributed by atoms with E-state index in [9.17, 15) is 4.21 Å². The summed E-state index contributed by atoms with van der Waals surface area (Å²) in [6, 6.07) is 3.74. The molecule has 0 aliphatic carbocycles. The fourth-order valence-electron chi connectivity index (χ4n) is 1.27. The lowest BCUT2D eigenvalue weighted by Gasteiger charge is -2.12. The van der Waals surface area contributed by atoms with Crippen LogP contribution in [0.3, 0.4) is 0 Å². The molecule has 0 saturated carbocycles. The van der Waals surface area contributed by atoms with Crippen molar-refractivity contribution >= 4 is 33.8 Å². The predicted octanol–water partition coefficient (Wildman–Crippen LogP) is 0.895. The first-order valence-electron chi connectivity index (χ1n) is 4.81.